The highest BCUT2D eigenvalue weighted by atomic mass is 79.9. The maximum atomic E-state index is 5.75. The molecule has 0 aromatic heterocycles. The number of nitrogens with zero attached hydrogens (tertiary/aromatic N) is 1. The summed E-state index contributed by atoms with van der Waals surface area (Å²) < 4.78 is 1.13. The monoisotopic (exact) mass is 296 g/mol. The molecule has 0 amide bonds. The molecule has 0 radical (unpaired) electrons. The Morgan fingerprint density at radius 2 is 2.24 bits per heavy atom. The van der Waals surface area contributed by atoms with Crippen molar-refractivity contribution in [2.24, 2.45) is 11.8 Å². The summed E-state index contributed by atoms with van der Waals surface area (Å²) in [6, 6.07) is 6.10. The fourth-order valence-electron chi connectivity index (χ4n) is 2.48. The minimum Gasteiger partial charge on any atom is -0.399 e. The Hall–Kier alpha value is -0.540. The second kappa shape index (κ2) is 5.40. The summed E-state index contributed by atoms with van der Waals surface area (Å²) in [5, 5.41) is 0. The van der Waals surface area contributed by atoms with Crippen LogP contribution in [0, 0.1) is 11.8 Å². The van der Waals surface area contributed by atoms with E-state index in [0.29, 0.717) is 0 Å². The third-order valence-corrected chi connectivity index (χ3v) is 4.46. The van der Waals surface area contributed by atoms with Crippen molar-refractivity contribution in [3.63, 3.8) is 0 Å². The van der Waals surface area contributed by atoms with Crippen LogP contribution >= 0.6 is 15.9 Å². The number of hydrogen-bond acceptors (Lipinski definition) is 2. The van der Waals surface area contributed by atoms with E-state index in [1.54, 1.807) is 0 Å². The summed E-state index contributed by atoms with van der Waals surface area (Å²) >= 11 is 3.59. The van der Waals surface area contributed by atoms with Crippen LogP contribution in [0.15, 0.2) is 22.7 Å². The Morgan fingerprint density at radius 3 is 2.82 bits per heavy atom. The average molecular weight is 297 g/mol. The molecule has 1 aromatic rings. The van der Waals surface area contributed by atoms with Gasteiger partial charge in [-0.05, 0) is 42.5 Å². The second-order valence-electron chi connectivity index (χ2n) is 5.38. The Balaban J connectivity index is 1.98. The number of nitrogens with two attached hydrogens (primary N) is 1. The van der Waals surface area contributed by atoms with Crippen molar-refractivity contribution in [3.05, 3.63) is 28.2 Å². The van der Waals surface area contributed by atoms with E-state index in [4.69, 9.17) is 5.73 Å². The van der Waals surface area contributed by atoms with E-state index in [1.807, 2.05) is 12.1 Å². The Labute approximate surface area is 112 Å². The van der Waals surface area contributed by atoms with Crippen LogP contribution < -0.4 is 5.73 Å². The van der Waals surface area contributed by atoms with Gasteiger partial charge in [-0.15, -0.1) is 0 Å². The average Bonchev–Trinajstić information content (AvgIpc) is 2.71. The molecule has 0 saturated carbocycles. The topological polar surface area (TPSA) is 29.3 Å². The van der Waals surface area contributed by atoms with Gasteiger partial charge in [0, 0.05) is 23.2 Å². The number of hydrogen-bond donors (Lipinski definition) is 1. The number of benzene rings is 1. The largest absolute Gasteiger partial charge is 0.399 e. The van der Waals surface area contributed by atoms with E-state index in [1.165, 1.54) is 25.1 Å². The van der Waals surface area contributed by atoms with Crippen LogP contribution in [0.2, 0.25) is 0 Å². The molecule has 1 heterocycles. The van der Waals surface area contributed by atoms with Crippen LogP contribution in [-0.2, 0) is 6.54 Å². The van der Waals surface area contributed by atoms with Gasteiger partial charge in [-0.2, -0.15) is 0 Å². The molecule has 1 aliphatic heterocycles. The van der Waals surface area contributed by atoms with Gasteiger partial charge >= 0.3 is 0 Å². The first-order valence-electron chi connectivity index (χ1n) is 6.32. The van der Waals surface area contributed by atoms with Crippen LogP contribution in [0.4, 0.5) is 5.69 Å². The maximum absolute atomic E-state index is 5.75. The third-order valence-electron chi connectivity index (χ3n) is 3.72. The quantitative estimate of drug-likeness (QED) is 0.865. The van der Waals surface area contributed by atoms with Crippen LogP contribution in [0.5, 0.6) is 0 Å². The number of nitrogen functional groups attached to an aromatic ring is 1. The Morgan fingerprint density at radius 1 is 1.47 bits per heavy atom. The van der Waals surface area contributed by atoms with Crippen LogP contribution in [0.3, 0.4) is 0 Å². The highest BCUT2D eigenvalue weighted by molar-refractivity contribution is 9.10. The summed E-state index contributed by atoms with van der Waals surface area (Å²) in [6.45, 7) is 8.14. The minimum atomic E-state index is 0.801. The first-order chi connectivity index (χ1) is 8.06. The SMILES string of the molecule is CC(C)C1CCN(Cc2ccc(N)cc2Br)C1. The zero-order valence-electron chi connectivity index (χ0n) is 10.6. The standard InChI is InChI=1S/C14H21BrN2/c1-10(2)11-5-6-17(8-11)9-12-3-4-13(16)7-14(12)15/h3-4,7,10-11H,5-6,8-9,16H2,1-2H3. The molecule has 1 saturated heterocycles. The molecule has 0 bridgehead atoms. The normalized spacial score (nSPS) is 21.3. The van der Waals surface area contributed by atoms with Crippen molar-refractivity contribution in [2.45, 2.75) is 26.8 Å². The Kier molecular flexibility index (Phi) is 4.10. The lowest BCUT2D eigenvalue weighted by molar-refractivity contribution is 0.296. The van der Waals surface area contributed by atoms with Gasteiger partial charge in [0.1, 0.15) is 0 Å². The molecule has 2 rings (SSSR count). The van der Waals surface area contributed by atoms with E-state index < -0.39 is 0 Å². The molecule has 1 aliphatic rings. The summed E-state index contributed by atoms with van der Waals surface area (Å²) in [5.74, 6) is 1.66. The van der Waals surface area contributed by atoms with E-state index in [0.717, 1.165) is 28.5 Å². The fraction of sp³-hybridized carbons (Fsp3) is 0.571. The number of halogens is 1. The lowest BCUT2D eigenvalue weighted by Crippen LogP contribution is -2.21. The zero-order valence-corrected chi connectivity index (χ0v) is 12.2. The lowest BCUT2D eigenvalue weighted by Gasteiger charge is -2.18. The predicted octanol–water partition coefficient (Wildman–Crippen LogP) is 3.51. The summed E-state index contributed by atoms with van der Waals surface area (Å²) in [5.41, 5.74) is 7.91. The minimum absolute atomic E-state index is 0.801. The zero-order chi connectivity index (χ0) is 12.4. The van der Waals surface area contributed by atoms with Crippen molar-refractivity contribution in [1.82, 2.24) is 4.90 Å². The van der Waals surface area contributed by atoms with Crippen LogP contribution in [0.25, 0.3) is 0 Å². The van der Waals surface area contributed by atoms with Gasteiger partial charge in [-0.1, -0.05) is 35.8 Å². The fourth-order valence-corrected chi connectivity index (χ4v) is 3.00. The molecular formula is C14H21BrN2. The summed E-state index contributed by atoms with van der Waals surface area (Å²) in [4.78, 5) is 2.54. The van der Waals surface area contributed by atoms with Crippen molar-refractivity contribution in [1.29, 1.82) is 0 Å². The molecule has 1 unspecified atom stereocenters. The van der Waals surface area contributed by atoms with Gasteiger partial charge in [0.25, 0.3) is 0 Å². The lowest BCUT2D eigenvalue weighted by atomic mass is 9.95. The molecule has 17 heavy (non-hydrogen) atoms. The third kappa shape index (κ3) is 3.23. The van der Waals surface area contributed by atoms with E-state index >= 15 is 0 Å². The van der Waals surface area contributed by atoms with E-state index in [9.17, 15) is 0 Å². The molecule has 1 fully saturated rings. The van der Waals surface area contributed by atoms with Gasteiger partial charge in [0.15, 0.2) is 0 Å². The second-order valence-corrected chi connectivity index (χ2v) is 6.23. The number of likely N-dealkylation sites (tertiary alicyclic amines) is 1. The van der Waals surface area contributed by atoms with Crippen molar-refractivity contribution in [3.8, 4) is 0 Å². The van der Waals surface area contributed by atoms with Gasteiger partial charge in [0.05, 0.1) is 0 Å². The molecule has 2 N–H and O–H groups in total. The molecule has 3 heteroatoms. The van der Waals surface area contributed by atoms with Crippen molar-refractivity contribution < 1.29 is 0 Å². The van der Waals surface area contributed by atoms with Crippen LogP contribution in [0.1, 0.15) is 25.8 Å². The molecule has 2 nitrogen and oxygen atoms in total. The first-order valence-corrected chi connectivity index (χ1v) is 7.12. The molecular weight excluding hydrogens is 276 g/mol. The molecule has 0 spiro atoms. The van der Waals surface area contributed by atoms with Gasteiger partial charge in [-0.25, -0.2) is 0 Å². The highest BCUT2D eigenvalue weighted by Crippen LogP contribution is 2.27. The van der Waals surface area contributed by atoms with Crippen molar-refractivity contribution in [2.75, 3.05) is 18.8 Å². The molecule has 0 aliphatic carbocycles. The highest BCUT2D eigenvalue weighted by Gasteiger charge is 2.24. The van der Waals surface area contributed by atoms with Gasteiger partial charge < -0.3 is 5.73 Å². The predicted molar refractivity (Wildman–Crippen MR) is 76.8 cm³/mol. The van der Waals surface area contributed by atoms with Gasteiger partial charge in [0.2, 0.25) is 0 Å². The molecule has 1 aromatic carbocycles. The summed E-state index contributed by atoms with van der Waals surface area (Å²) in [7, 11) is 0. The summed E-state index contributed by atoms with van der Waals surface area (Å²) in [6.07, 6.45) is 1.34. The smallest absolute Gasteiger partial charge is 0.0325 e. The number of anilines is 1. The molecule has 94 valence electrons. The first kappa shape index (κ1) is 12.9. The maximum Gasteiger partial charge on any atom is 0.0325 e. The van der Waals surface area contributed by atoms with Crippen molar-refractivity contribution >= 4 is 21.6 Å². The Bertz CT molecular complexity index is 390. The van der Waals surface area contributed by atoms with E-state index in [-0.39, 0.29) is 0 Å². The van der Waals surface area contributed by atoms with Crippen LogP contribution in [-0.4, -0.2) is 18.0 Å². The van der Waals surface area contributed by atoms with Gasteiger partial charge in [-0.3, -0.25) is 4.90 Å². The number of rotatable bonds is 3. The van der Waals surface area contributed by atoms with E-state index in [2.05, 4.69) is 40.7 Å². The molecule has 1 atom stereocenters.